The van der Waals surface area contributed by atoms with Gasteiger partial charge in [-0.05, 0) is 42.5 Å². The van der Waals surface area contributed by atoms with Gasteiger partial charge in [0.2, 0.25) is 5.91 Å². The average molecular weight is 449 g/mol. The molecule has 162 valence electrons. The summed E-state index contributed by atoms with van der Waals surface area (Å²) in [5.41, 5.74) is 1.95. The fraction of sp³-hybridized carbons (Fsp3) is 0.0909. The molecule has 2 heterocycles. The molecule has 0 saturated carbocycles. The highest BCUT2D eigenvalue weighted by atomic mass is 32.2. The summed E-state index contributed by atoms with van der Waals surface area (Å²) in [7, 11) is -3.66. The van der Waals surface area contributed by atoms with Crippen molar-refractivity contribution < 1.29 is 18.0 Å². The fourth-order valence-corrected chi connectivity index (χ4v) is 4.37. The zero-order valence-corrected chi connectivity index (χ0v) is 17.6. The van der Waals surface area contributed by atoms with Crippen molar-refractivity contribution >= 4 is 33.4 Å². The molecule has 0 aliphatic carbocycles. The third-order valence-electron chi connectivity index (χ3n) is 4.61. The summed E-state index contributed by atoms with van der Waals surface area (Å²) >= 11 is 0. The predicted molar refractivity (Wildman–Crippen MR) is 119 cm³/mol. The number of hydrogen-bond acceptors (Lipinski definition) is 6. The van der Waals surface area contributed by atoms with Crippen LogP contribution in [0.25, 0.3) is 0 Å². The SMILES string of the molecule is O=C(CN=C1NS(=O)(=O)c2ccccc21)Nc1cccc(C(=O)NCc2ccccn2)c1. The molecule has 3 N–H and O–H groups in total. The van der Waals surface area contributed by atoms with Gasteiger partial charge in [-0.25, -0.2) is 8.42 Å². The molecular weight excluding hydrogens is 430 g/mol. The third kappa shape index (κ3) is 4.81. The minimum atomic E-state index is -3.66. The van der Waals surface area contributed by atoms with Gasteiger partial charge in [-0.3, -0.25) is 24.3 Å². The molecule has 1 aliphatic heterocycles. The Labute approximate surface area is 184 Å². The standard InChI is InChI=1S/C22H19N5O4S/c28-20(14-24-21-18-9-1-2-10-19(18)32(30,31)27-21)26-16-8-5-6-15(12-16)22(29)25-13-17-7-3-4-11-23-17/h1-12H,13-14H2,(H,24,27)(H,25,29)(H,26,28). The molecule has 2 aromatic carbocycles. The van der Waals surface area contributed by atoms with Crippen LogP contribution in [-0.2, 0) is 21.4 Å². The van der Waals surface area contributed by atoms with E-state index in [1.807, 2.05) is 6.07 Å². The summed E-state index contributed by atoms with van der Waals surface area (Å²) in [6.45, 7) is -0.00653. The van der Waals surface area contributed by atoms with Gasteiger partial charge in [0.1, 0.15) is 12.4 Å². The van der Waals surface area contributed by atoms with Gasteiger partial charge in [-0.1, -0.05) is 24.3 Å². The number of pyridine rings is 1. The number of anilines is 1. The number of fused-ring (bicyclic) bond motifs is 1. The van der Waals surface area contributed by atoms with E-state index in [4.69, 9.17) is 0 Å². The van der Waals surface area contributed by atoms with Crippen LogP contribution < -0.4 is 15.4 Å². The number of rotatable bonds is 6. The van der Waals surface area contributed by atoms with E-state index < -0.39 is 15.9 Å². The van der Waals surface area contributed by atoms with Crippen LogP contribution in [0.4, 0.5) is 5.69 Å². The summed E-state index contributed by atoms with van der Waals surface area (Å²) < 4.78 is 26.6. The number of carbonyl (C=O) groups is 2. The molecule has 0 saturated heterocycles. The highest BCUT2D eigenvalue weighted by Crippen LogP contribution is 2.22. The largest absolute Gasteiger partial charge is 0.346 e. The first kappa shape index (κ1) is 21.2. The molecule has 0 spiro atoms. The lowest BCUT2D eigenvalue weighted by Gasteiger charge is -2.08. The maximum absolute atomic E-state index is 12.4. The van der Waals surface area contributed by atoms with E-state index >= 15 is 0 Å². The van der Waals surface area contributed by atoms with Crippen molar-refractivity contribution in [1.82, 2.24) is 15.0 Å². The second-order valence-electron chi connectivity index (χ2n) is 6.90. The normalized spacial score (nSPS) is 14.9. The molecule has 10 heteroatoms. The molecule has 4 rings (SSSR count). The van der Waals surface area contributed by atoms with Crippen molar-refractivity contribution in [2.24, 2.45) is 4.99 Å². The first-order chi connectivity index (χ1) is 15.4. The lowest BCUT2D eigenvalue weighted by atomic mass is 10.2. The minimum Gasteiger partial charge on any atom is -0.346 e. The number of aromatic nitrogens is 1. The first-order valence-electron chi connectivity index (χ1n) is 9.67. The zero-order valence-electron chi connectivity index (χ0n) is 16.8. The van der Waals surface area contributed by atoms with Crippen LogP contribution in [-0.4, -0.2) is 37.6 Å². The van der Waals surface area contributed by atoms with E-state index in [9.17, 15) is 18.0 Å². The van der Waals surface area contributed by atoms with Crippen LogP contribution >= 0.6 is 0 Å². The maximum atomic E-state index is 12.4. The molecule has 0 radical (unpaired) electrons. The zero-order chi connectivity index (χ0) is 22.6. The Morgan fingerprint density at radius 2 is 1.81 bits per heavy atom. The van der Waals surface area contributed by atoms with Crippen molar-refractivity contribution in [2.75, 3.05) is 11.9 Å². The Bertz CT molecular complexity index is 1310. The molecule has 3 aromatic rings. The van der Waals surface area contributed by atoms with Gasteiger partial charge >= 0.3 is 0 Å². The highest BCUT2D eigenvalue weighted by molar-refractivity contribution is 7.90. The Morgan fingerprint density at radius 3 is 2.62 bits per heavy atom. The topological polar surface area (TPSA) is 130 Å². The number of benzene rings is 2. The maximum Gasteiger partial charge on any atom is 0.263 e. The fourth-order valence-electron chi connectivity index (χ4n) is 3.12. The van der Waals surface area contributed by atoms with E-state index in [1.165, 1.54) is 6.07 Å². The lowest BCUT2D eigenvalue weighted by Crippen LogP contribution is -2.25. The van der Waals surface area contributed by atoms with Crippen molar-refractivity contribution in [3.63, 3.8) is 0 Å². The van der Waals surface area contributed by atoms with Crippen molar-refractivity contribution in [3.05, 3.63) is 89.7 Å². The molecule has 1 aliphatic rings. The average Bonchev–Trinajstić information content (AvgIpc) is 3.07. The van der Waals surface area contributed by atoms with Gasteiger partial charge in [-0.15, -0.1) is 0 Å². The molecule has 2 amide bonds. The second kappa shape index (κ2) is 8.98. The molecule has 0 unspecified atom stereocenters. The lowest BCUT2D eigenvalue weighted by molar-refractivity contribution is -0.114. The van der Waals surface area contributed by atoms with Gasteiger partial charge in [0, 0.05) is 23.0 Å². The molecule has 1 aromatic heterocycles. The van der Waals surface area contributed by atoms with Crippen LogP contribution in [0.3, 0.4) is 0 Å². The summed E-state index contributed by atoms with van der Waals surface area (Å²) in [4.78, 5) is 33.1. The molecule has 0 atom stereocenters. The molecule has 0 fully saturated rings. The van der Waals surface area contributed by atoms with Crippen LogP contribution in [0.2, 0.25) is 0 Å². The Morgan fingerprint density at radius 1 is 1.00 bits per heavy atom. The van der Waals surface area contributed by atoms with Crippen LogP contribution in [0.1, 0.15) is 21.6 Å². The second-order valence-corrected chi connectivity index (χ2v) is 8.55. The number of sulfonamides is 1. The minimum absolute atomic E-state index is 0.124. The van der Waals surface area contributed by atoms with Gasteiger partial charge in [0.15, 0.2) is 0 Å². The van der Waals surface area contributed by atoms with Gasteiger partial charge < -0.3 is 10.6 Å². The van der Waals surface area contributed by atoms with Crippen molar-refractivity contribution in [3.8, 4) is 0 Å². The summed E-state index contributed by atoms with van der Waals surface area (Å²) in [6, 6.07) is 18.3. The van der Waals surface area contributed by atoms with E-state index in [0.29, 0.717) is 16.8 Å². The first-order valence-corrected chi connectivity index (χ1v) is 11.2. The quantitative estimate of drug-likeness (QED) is 0.527. The van der Waals surface area contributed by atoms with Gasteiger partial charge in [0.05, 0.1) is 17.1 Å². The number of carbonyl (C=O) groups excluding carboxylic acids is 2. The van der Waals surface area contributed by atoms with Crippen LogP contribution in [0, 0.1) is 0 Å². The number of aliphatic imine (C=N–C) groups is 1. The van der Waals surface area contributed by atoms with Crippen molar-refractivity contribution in [1.29, 1.82) is 0 Å². The smallest absolute Gasteiger partial charge is 0.263 e. The monoisotopic (exact) mass is 449 g/mol. The molecule has 0 bridgehead atoms. The van der Waals surface area contributed by atoms with E-state index in [-0.39, 0.29) is 29.7 Å². The van der Waals surface area contributed by atoms with Crippen LogP contribution in [0.5, 0.6) is 0 Å². The van der Waals surface area contributed by atoms with Crippen LogP contribution in [0.15, 0.2) is 82.8 Å². The summed E-state index contributed by atoms with van der Waals surface area (Å²) in [5.74, 6) is -0.630. The Balaban J connectivity index is 1.38. The Hall–Kier alpha value is -4.05. The third-order valence-corrected chi connectivity index (χ3v) is 6.01. The van der Waals surface area contributed by atoms with Gasteiger partial charge in [0.25, 0.3) is 15.9 Å². The highest BCUT2D eigenvalue weighted by Gasteiger charge is 2.30. The number of nitrogens with zero attached hydrogens (tertiary/aromatic N) is 2. The van der Waals surface area contributed by atoms with E-state index in [0.717, 1.165) is 5.69 Å². The number of amides is 2. The molecule has 9 nitrogen and oxygen atoms in total. The summed E-state index contributed by atoms with van der Waals surface area (Å²) in [5, 5.41) is 5.44. The number of nitrogens with one attached hydrogen (secondary N) is 3. The van der Waals surface area contributed by atoms with Crippen molar-refractivity contribution in [2.45, 2.75) is 11.4 Å². The predicted octanol–water partition coefficient (Wildman–Crippen LogP) is 1.69. The summed E-state index contributed by atoms with van der Waals surface area (Å²) in [6.07, 6.45) is 1.65. The van der Waals surface area contributed by atoms with Gasteiger partial charge in [-0.2, -0.15) is 0 Å². The number of amidine groups is 1. The Kier molecular flexibility index (Phi) is 5.95. The molecular formula is C22H19N5O4S. The molecule has 32 heavy (non-hydrogen) atoms. The van der Waals surface area contributed by atoms with E-state index in [1.54, 1.807) is 60.8 Å². The van der Waals surface area contributed by atoms with E-state index in [2.05, 4.69) is 25.3 Å². The number of hydrogen-bond donors (Lipinski definition) is 3.